The number of benzene rings is 1. The molecule has 2 heterocycles. The summed E-state index contributed by atoms with van der Waals surface area (Å²) in [6.07, 6.45) is 4.87. The summed E-state index contributed by atoms with van der Waals surface area (Å²) in [7, 11) is 0. The van der Waals surface area contributed by atoms with Gasteiger partial charge >= 0.3 is 0 Å². The largest absolute Gasteiger partial charge is 0.473 e. The minimum Gasteiger partial charge on any atom is -0.473 e. The normalized spacial score (nSPS) is 17.0. The predicted molar refractivity (Wildman–Crippen MR) is 96.8 cm³/mol. The van der Waals surface area contributed by atoms with Gasteiger partial charge in [-0.3, -0.25) is 4.79 Å². The third-order valence-electron chi connectivity index (χ3n) is 3.52. The van der Waals surface area contributed by atoms with Crippen molar-refractivity contribution in [1.29, 1.82) is 0 Å². The maximum atomic E-state index is 12.2. The fourth-order valence-corrected chi connectivity index (χ4v) is 3.74. The monoisotopic (exact) mass is 346 g/mol. The van der Waals surface area contributed by atoms with Gasteiger partial charge in [0.25, 0.3) is 5.91 Å². The Hall–Kier alpha value is -1.66. The molecule has 0 radical (unpaired) electrons. The fourth-order valence-electron chi connectivity index (χ4n) is 2.24. The second-order valence-corrected chi connectivity index (χ2v) is 7.20. The van der Waals surface area contributed by atoms with E-state index in [1.54, 1.807) is 30.1 Å². The van der Waals surface area contributed by atoms with Gasteiger partial charge in [0.15, 0.2) is 0 Å². The number of rotatable bonds is 5. The highest BCUT2D eigenvalue weighted by Crippen LogP contribution is 2.22. The van der Waals surface area contributed by atoms with E-state index in [4.69, 9.17) is 4.74 Å². The molecule has 120 valence electrons. The van der Waals surface area contributed by atoms with Crippen LogP contribution in [0, 0.1) is 0 Å². The standard InChI is InChI=1S/C17H18N2O2S2/c1-22-15-5-3-13(4-6-15)19-17(20)12-2-7-16(18-10-12)21-14-8-9-23-11-14/h2-7,10,14H,8-9,11H2,1H3,(H,19,20). The zero-order chi connectivity index (χ0) is 16.1. The molecule has 1 aromatic heterocycles. The number of nitrogens with zero attached hydrogens (tertiary/aromatic N) is 1. The first-order chi connectivity index (χ1) is 11.2. The molecule has 2 aromatic rings. The van der Waals surface area contributed by atoms with Crippen molar-refractivity contribution in [3.8, 4) is 5.88 Å². The lowest BCUT2D eigenvalue weighted by Crippen LogP contribution is -2.16. The van der Waals surface area contributed by atoms with Crippen LogP contribution in [0.25, 0.3) is 0 Å². The molecule has 1 atom stereocenters. The maximum Gasteiger partial charge on any atom is 0.257 e. The topological polar surface area (TPSA) is 51.2 Å². The van der Waals surface area contributed by atoms with Crippen molar-refractivity contribution in [2.45, 2.75) is 17.4 Å². The van der Waals surface area contributed by atoms with Gasteiger partial charge in [0.05, 0.1) is 5.56 Å². The lowest BCUT2D eigenvalue weighted by molar-refractivity contribution is 0.102. The van der Waals surface area contributed by atoms with E-state index in [-0.39, 0.29) is 12.0 Å². The summed E-state index contributed by atoms with van der Waals surface area (Å²) in [5.74, 6) is 2.56. The lowest BCUT2D eigenvalue weighted by atomic mass is 10.2. The number of aromatic nitrogens is 1. The van der Waals surface area contributed by atoms with E-state index >= 15 is 0 Å². The molecule has 1 aromatic carbocycles. The number of carbonyl (C=O) groups is 1. The van der Waals surface area contributed by atoms with Crippen LogP contribution in [0.15, 0.2) is 47.5 Å². The van der Waals surface area contributed by atoms with Crippen molar-refractivity contribution >= 4 is 35.1 Å². The van der Waals surface area contributed by atoms with Gasteiger partial charge in [0.2, 0.25) is 5.88 Å². The Bertz CT molecular complexity index is 653. The molecule has 1 N–H and O–H groups in total. The van der Waals surface area contributed by atoms with Crippen molar-refractivity contribution in [3.05, 3.63) is 48.2 Å². The Morgan fingerprint density at radius 2 is 2.13 bits per heavy atom. The number of amides is 1. The molecule has 0 bridgehead atoms. The smallest absolute Gasteiger partial charge is 0.257 e. The van der Waals surface area contributed by atoms with Gasteiger partial charge in [-0.05, 0) is 48.8 Å². The number of thioether (sulfide) groups is 2. The number of carbonyl (C=O) groups excluding carboxylic acids is 1. The average molecular weight is 346 g/mol. The lowest BCUT2D eigenvalue weighted by Gasteiger charge is -2.11. The molecule has 0 saturated carbocycles. The summed E-state index contributed by atoms with van der Waals surface area (Å²) < 4.78 is 5.79. The number of hydrogen-bond donors (Lipinski definition) is 1. The Balaban J connectivity index is 1.60. The van der Waals surface area contributed by atoms with E-state index in [0.29, 0.717) is 11.4 Å². The van der Waals surface area contributed by atoms with Gasteiger partial charge < -0.3 is 10.1 Å². The van der Waals surface area contributed by atoms with Crippen LogP contribution in [0.1, 0.15) is 16.8 Å². The summed E-state index contributed by atoms with van der Waals surface area (Å²) in [5, 5.41) is 2.87. The predicted octanol–water partition coefficient (Wildman–Crippen LogP) is 3.94. The molecule has 6 heteroatoms. The molecule has 1 saturated heterocycles. The quantitative estimate of drug-likeness (QED) is 0.831. The number of anilines is 1. The van der Waals surface area contributed by atoms with Crippen molar-refractivity contribution in [2.24, 2.45) is 0 Å². The van der Waals surface area contributed by atoms with E-state index in [1.165, 1.54) is 0 Å². The van der Waals surface area contributed by atoms with Crippen LogP contribution in [0.2, 0.25) is 0 Å². The first-order valence-electron chi connectivity index (χ1n) is 7.40. The van der Waals surface area contributed by atoms with Crippen LogP contribution in [-0.2, 0) is 0 Å². The number of pyridine rings is 1. The third kappa shape index (κ3) is 4.42. The average Bonchev–Trinajstić information content (AvgIpc) is 3.09. The van der Waals surface area contributed by atoms with Crippen LogP contribution in [0.5, 0.6) is 5.88 Å². The SMILES string of the molecule is CSc1ccc(NC(=O)c2ccc(OC3CCSC3)nc2)cc1. The Morgan fingerprint density at radius 3 is 2.74 bits per heavy atom. The molecular weight excluding hydrogens is 328 g/mol. The molecule has 3 rings (SSSR count). The van der Waals surface area contributed by atoms with Crippen LogP contribution >= 0.6 is 23.5 Å². The maximum absolute atomic E-state index is 12.2. The summed E-state index contributed by atoms with van der Waals surface area (Å²) in [6.45, 7) is 0. The minimum absolute atomic E-state index is 0.169. The van der Waals surface area contributed by atoms with Crippen LogP contribution in [0.3, 0.4) is 0 Å². The molecule has 1 amide bonds. The summed E-state index contributed by atoms with van der Waals surface area (Å²) >= 11 is 3.56. The van der Waals surface area contributed by atoms with E-state index < -0.39 is 0 Å². The molecule has 1 unspecified atom stereocenters. The van der Waals surface area contributed by atoms with Crippen molar-refractivity contribution in [1.82, 2.24) is 4.98 Å². The third-order valence-corrected chi connectivity index (χ3v) is 5.40. The van der Waals surface area contributed by atoms with Gasteiger partial charge in [-0.25, -0.2) is 4.98 Å². The molecule has 1 fully saturated rings. The summed E-state index contributed by atoms with van der Waals surface area (Å²) in [5.41, 5.74) is 1.29. The Labute approximate surface area is 144 Å². The Kier molecular flexibility index (Phi) is 5.46. The summed E-state index contributed by atoms with van der Waals surface area (Å²) in [4.78, 5) is 17.6. The van der Waals surface area contributed by atoms with Gasteiger partial charge in [0, 0.05) is 28.6 Å². The van der Waals surface area contributed by atoms with Crippen LogP contribution < -0.4 is 10.1 Å². The summed E-state index contributed by atoms with van der Waals surface area (Å²) in [6, 6.07) is 11.3. The highest BCUT2D eigenvalue weighted by molar-refractivity contribution is 7.99. The van der Waals surface area contributed by atoms with Crippen molar-refractivity contribution in [3.63, 3.8) is 0 Å². The zero-order valence-electron chi connectivity index (χ0n) is 12.8. The van der Waals surface area contributed by atoms with E-state index in [0.717, 1.165) is 28.5 Å². The number of nitrogens with one attached hydrogen (secondary N) is 1. The van der Waals surface area contributed by atoms with Gasteiger partial charge in [0.1, 0.15) is 6.10 Å². The first-order valence-corrected chi connectivity index (χ1v) is 9.78. The number of hydrogen-bond acceptors (Lipinski definition) is 5. The van der Waals surface area contributed by atoms with Crippen molar-refractivity contribution in [2.75, 3.05) is 23.1 Å². The van der Waals surface area contributed by atoms with Gasteiger partial charge in [-0.15, -0.1) is 11.8 Å². The van der Waals surface area contributed by atoms with E-state index in [1.807, 2.05) is 42.3 Å². The minimum atomic E-state index is -0.169. The second-order valence-electron chi connectivity index (χ2n) is 5.17. The van der Waals surface area contributed by atoms with Crippen LogP contribution in [0.4, 0.5) is 5.69 Å². The molecule has 0 aliphatic carbocycles. The highest BCUT2D eigenvalue weighted by Gasteiger charge is 2.17. The van der Waals surface area contributed by atoms with Crippen molar-refractivity contribution < 1.29 is 9.53 Å². The van der Waals surface area contributed by atoms with Gasteiger partial charge in [-0.2, -0.15) is 11.8 Å². The first kappa shape index (κ1) is 16.2. The van der Waals surface area contributed by atoms with E-state index in [9.17, 15) is 4.79 Å². The van der Waals surface area contributed by atoms with Crippen LogP contribution in [-0.4, -0.2) is 34.8 Å². The zero-order valence-corrected chi connectivity index (χ0v) is 14.5. The van der Waals surface area contributed by atoms with Gasteiger partial charge in [-0.1, -0.05) is 0 Å². The molecular formula is C17H18N2O2S2. The highest BCUT2D eigenvalue weighted by atomic mass is 32.2. The Morgan fingerprint density at radius 1 is 1.30 bits per heavy atom. The second kappa shape index (κ2) is 7.75. The molecule has 1 aliphatic heterocycles. The molecule has 1 aliphatic rings. The molecule has 23 heavy (non-hydrogen) atoms. The van der Waals surface area contributed by atoms with E-state index in [2.05, 4.69) is 10.3 Å². The fraction of sp³-hybridized carbons (Fsp3) is 0.294. The number of ether oxygens (including phenoxy) is 1. The molecule has 4 nitrogen and oxygen atoms in total. The molecule has 0 spiro atoms.